The third kappa shape index (κ3) is 2.82. The maximum atomic E-state index is 14.4. The highest BCUT2D eigenvalue weighted by molar-refractivity contribution is 6.17. The Hall–Kier alpha value is -4.28. The second kappa shape index (κ2) is 7.37. The van der Waals surface area contributed by atoms with Gasteiger partial charge >= 0.3 is 12.1 Å². The highest BCUT2D eigenvalue weighted by Crippen LogP contribution is 2.57. The molecule has 8 nitrogen and oxygen atoms in total. The summed E-state index contributed by atoms with van der Waals surface area (Å²) in [5, 5.41) is 6.36. The van der Waals surface area contributed by atoms with Crippen molar-refractivity contribution in [1.82, 2.24) is 9.78 Å². The van der Waals surface area contributed by atoms with E-state index in [2.05, 4.69) is 10.4 Å². The molecule has 1 unspecified atom stereocenters. The number of para-hydroxylation sites is 2. The molecular formula is C23H17F3N4O4. The van der Waals surface area contributed by atoms with E-state index in [0.29, 0.717) is 0 Å². The van der Waals surface area contributed by atoms with Crippen molar-refractivity contribution in [3.8, 4) is 11.6 Å². The van der Waals surface area contributed by atoms with E-state index < -0.39 is 52.1 Å². The van der Waals surface area contributed by atoms with Gasteiger partial charge in [-0.25, -0.2) is 4.79 Å². The molecule has 3 heterocycles. The summed E-state index contributed by atoms with van der Waals surface area (Å²) >= 11 is 0. The van der Waals surface area contributed by atoms with Gasteiger partial charge in [-0.1, -0.05) is 36.4 Å². The monoisotopic (exact) mass is 470 g/mol. The number of rotatable bonds is 3. The largest absolute Gasteiger partial charge is 0.462 e. The quantitative estimate of drug-likeness (QED) is 0.569. The Balaban J connectivity index is 1.94. The molecule has 0 radical (unpaired) electrons. The van der Waals surface area contributed by atoms with Gasteiger partial charge in [-0.2, -0.15) is 23.0 Å². The van der Waals surface area contributed by atoms with E-state index in [0.717, 1.165) is 4.68 Å². The lowest BCUT2D eigenvalue weighted by atomic mass is 9.68. The molecule has 2 aromatic carbocycles. The first-order valence-electron chi connectivity index (χ1n) is 10.2. The van der Waals surface area contributed by atoms with Crippen LogP contribution in [0.1, 0.15) is 23.7 Å². The molecule has 1 amide bonds. The van der Waals surface area contributed by atoms with E-state index in [1.165, 1.54) is 31.2 Å². The van der Waals surface area contributed by atoms with Gasteiger partial charge in [0.15, 0.2) is 5.69 Å². The van der Waals surface area contributed by atoms with E-state index in [9.17, 15) is 22.8 Å². The number of carbonyl (C=O) groups is 2. The number of carbonyl (C=O) groups excluding carboxylic acids is 2. The third-order valence-corrected chi connectivity index (χ3v) is 5.71. The fraction of sp³-hybridized carbons (Fsp3) is 0.174. The van der Waals surface area contributed by atoms with Crippen molar-refractivity contribution in [3.05, 3.63) is 82.9 Å². The summed E-state index contributed by atoms with van der Waals surface area (Å²) in [5.74, 6) is -2.94. The van der Waals surface area contributed by atoms with Crippen molar-refractivity contribution in [2.45, 2.75) is 18.5 Å². The van der Waals surface area contributed by atoms with Crippen molar-refractivity contribution in [2.24, 2.45) is 5.73 Å². The predicted molar refractivity (Wildman–Crippen MR) is 113 cm³/mol. The number of benzene rings is 2. The first-order valence-corrected chi connectivity index (χ1v) is 10.2. The van der Waals surface area contributed by atoms with Crippen molar-refractivity contribution in [1.29, 1.82) is 0 Å². The molecule has 5 rings (SSSR count). The number of halogens is 3. The SMILES string of the molecule is CCOC(=O)C1=C(N)Oc2c(c(C(F)(F)F)nn2-c2ccccc2)C12C(=O)Nc1ccccc12. The van der Waals surface area contributed by atoms with Crippen LogP contribution in [-0.4, -0.2) is 28.3 Å². The number of aromatic nitrogens is 2. The summed E-state index contributed by atoms with van der Waals surface area (Å²) in [6.45, 7) is 1.42. The van der Waals surface area contributed by atoms with Gasteiger partial charge in [0.1, 0.15) is 11.0 Å². The molecule has 1 spiro atoms. The summed E-state index contributed by atoms with van der Waals surface area (Å²) in [6.07, 6.45) is -5.00. The van der Waals surface area contributed by atoms with Gasteiger partial charge in [0.05, 0.1) is 17.9 Å². The summed E-state index contributed by atoms with van der Waals surface area (Å²) < 4.78 is 54.8. The van der Waals surface area contributed by atoms with Gasteiger partial charge in [0.2, 0.25) is 17.7 Å². The van der Waals surface area contributed by atoms with E-state index in [4.69, 9.17) is 15.2 Å². The van der Waals surface area contributed by atoms with Crippen LogP contribution in [0.25, 0.3) is 5.69 Å². The minimum atomic E-state index is -5.00. The van der Waals surface area contributed by atoms with Crippen molar-refractivity contribution in [3.63, 3.8) is 0 Å². The zero-order valence-electron chi connectivity index (χ0n) is 17.6. The number of hydrogen-bond acceptors (Lipinski definition) is 6. The van der Waals surface area contributed by atoms with Crippen molar-refractivity contribution < 1.29 is 32.2 Å². The van der Waals surface area contributed by atoms with Crippen LogP contribution < -0.4 is 15.8 Å². The number of esters is 1. The topological polar surface area (TPSA) is 108 Å². The number of nitrogens with zero attached hydrogens (tertiary/aromatic N) is 2. The fourth-order valence-corrected chi connectivity index (χ4v) is 4.45. The molecule has 3 N–H and O–H groups in total. The molecule has 3 aromatic rings. The van der Waals surface area contributed by atoms with Crippen LogP contribution in [0.5, 0.6) is 5.88 Å². The zero-order chi connectivity index (χ0) is 24.3. The Kier molecular flexibility index (Phi) is 4.67. The molecule has 34 heavy (non-hydrogen) atoms. The Morgan fingerprint density at radius 2 is 1.85 bits per heavy atom. The number of amides is 1. The highest BCUT2D eigenvalue weighted by atomic mass is 19.4. The molecule has 0 bridgehead atoms. The number of anilines is 1. The lowest BCUT2D eigenvalue weighted by Crippen LogP contribution is -2.46. The van der Waals surface area contributed by atoms with Gasteiger partial charge in [0.25, 0.3) is 0 Å². The maximum Gasteiger partial charge on any atom is 0.435 e. The first kappa shape index (κ1) is 21.6. The molecule has 174 valence electrons. The van der Waals surface area contributed by atoms with Crippen LogP contribution in [-0.2, 0) is 25.9 Å². The molecular weight excluding hydrogens is 453 g/mol. The molecule has 0 fully saturated rings. The second-order valence-corrected chi connectivity index (χ2v) is 7.59. The van der Waals surface area contributed by atoms with Gasteiger partial charge in [-0.3, -0.25) is 4.79 Å². The molecule has 0 aliphatic carbocycles. The fourth-order valence-electron chi connectivity index (χ4n) is 4.45. The van der Waals surface area contributed by atoms with Gasteiger partial charge in [-0.05, 0) is 25.1 Å². The van der Waals surface area contributed by atoms with Crippen LogP contribution in [0.4, 0.5) is 18.9 Å². The number of fused-ring (bicyclic) bond motifs is 4. The van der Waals surface area contributed by atoms with E-state index in [-0.39, 0.29) is 23.5 Å². The van der Waals surface area contributed by atoms with Crippen LogP contribution in [0.3, 0.4) is 0 Å². The lowest BCUT2D eigenvalue weighted by Gasteiger charge is -2.34. The summed E-state index contributed by atoms with van der Waals surface area (Å²) in [7, 11) is 0. The number of hydrogen-bond donors (Lipinski definition) is 2. The van der Waals surface area contributed by atoms with Gasteiger partial charge in [-0.15, -0.1) is 0 Å². The minimum absolute atomic E-state index is 0.1000. The summed E-state index contributed by atoms with van der Waals surface area (Å²) in [4.78, 5) is 26.6. The molecule has 0 saturated carbocycles. The lowest BCUT2D eigenvalue weighted by molar-refractivity contribution is -0.144. The van der Waals surface area contributed by atoms with Crippen LogP contribution in [0.2, 0.25) is 0 Å². The van der Waals surface area contributed by atoms with E-state index in [1.807, 2.05) is 0 Å². The highest BCUT2D eigenvalue weighted by Gasteiger charge is 2.63. The zero-order valence-corrected chi connectivity index (χ0v) is 17.6. The minimum Gasteiger partial charge on any atom is -0.462 e. The number of nitrogens with two attached hydrogens (primary N) is 1. The Bertz CT molecular complexity index is 1360. The van der Waals surface area contributed by atoms with Crippen molar-refractivity contribution in [2.75, 3.05) is 11.9 Å². The molecule has 1 atom stereocenters. The van der Waals surface area contributed by atoms with Gasteiger partial charge < -0.3 is 20.5 Å². The Morgan fingerprint density at radius 3 is 2.53 bits per heavy atom. The average molecular weight is 470 g/mol. The average Bonchev–Trinajstić information content (AvgIpc) is 3.31. The van der Waals surface area contributed by atoms with E-state index >= 15 is 0 Å². The number of nitrogens with one attached hydrogen (secondary N) is 1. The van der Waals surface area contributed by atoms with Crippen molar-refractivity contribution >= 4 is 17.6 Å². The predicted octanol–water partition coefficient (Wildman–Crippen LogP) is 3.26. The number of alkyl halides is 3. The first-order chi connectivity index (χ1) is 16.2. The Labute approximate surface area is 190 Å². The maximum absolute atomic E-state index is 14.4. The Morgan fingerprint density at radius 1 is 1.18 bits per heavy atom. The summed E-state index contributed by atoms with van der Waals surface area (Å²) in [5.41, 5.74) is 1.84. The van der Waals surface area contributed by atoms with Crippen LogP contribution >= 0.6 is 0 Å². The number of ether oxygens (including phenoxy) is 2. The smallest absolute Gasteiger partial charge is 0.435 e. The molecule has 1 aromatic heterocycles. The molecule has 2 aliphatic heterocycles. The molecule has 2 aliphatic rings. The van der Waals surface area contributed by atoms with Crippen LogP contribution in [0, 0.1) is 0 Å². The molecule has 11 heteroatoms. The summed E-state index contributed by atoms with van der Waals surface area (Å²) in [6, 6.07) is 14.1. The molecule has 0 saturated heterocycles. The standard InChI is InChI=1S/C23H17F3N4O4/c1-2-33-20(31)16-18(27)34-19-15(22(16)13-10-6-7-11-14(13)28-21(22)32)17(23(24,25)26)29-30(19)12-8-4-3-5-9-12/h3-11H,2,27H2,1H3,(H,28,32). The third-order valence-electron chi connectivity index (χ3n) is 5.71. The van der Waals surface area contributed by atoms with Crippen LogP contribution in [0.15, 0.2) is 66.1 Å². The normalized spacial score (nSPS) is 18.9. The van der Waals surface area contributed by atoms with E-state index in [1.54, 1.807) is 30.3 Å². The second-order valence-electron chi connectivity index (χ2n) is 7.59. The van der Waals surface area contributed by atoms with Gasteiger partial charge in [0, 0.05) is 11.3 Å².